The molecule has 1 aromatic carbocycles. The van der Waals surface area contributed by atoms with Gasteiger partial charge in [0.05, 0.1) is 16.8 Å². The summed E-state index contributed by atoms with van der Waals surface area (Å²) < 4.78 is 38.0. The van der Waals surface area contributed by atoms with Gasteiger partial charge in [-0.15, -0.1) is 0 Å². The summed E-state index contributed by atoms with van der Waals surface area (Å²) in [5.41, 5.74) is 2.37. The second-order valence-electron chi connectivity index (χ2n) is 4.46. The van der Waals surface area contributed by atoms with Crippen molar-refractivity contribution < 1.29 is 18.0 Å². The van der Waals surface area contributed by atoms with Crippen LogP contribution in [0.15, 0.2) is 53.9 Å². The van der Waals surface area contributed by atoms with Gasteiger partial charge in [-0.25, -0.2) is 5.43 Å². The molecule has 0 aliphatic heterocycles. The lowest BCUT2D eigenvalue weighted by atomic mass is 10.1. The zero-order valence-electron chi connectivity index (χ0n) is 11.6. The highest BCUT2D eigenvalue weighted by Crippen LogP contribution is 2.29. The van der Waals surface area contributed by atoms with Crippen molar-refractivity contribution in [3.63, 3.8) is 0 Å². The van der Waals surface area contributed by atoms with Gasteiger partial charge in [0.25, 0.3) is 5.91 Å². The predicted molar refractivity (Wildman–Crippen MR) is 75.4 cm³/mol. The van der Waals surface area contributed by atoms with Gasteiger partial charge in [-0.05, 0) is 36.8 Å². The first-order valence-electron chi connectivity index (χ1n) is 6.30. The summed E-state index contributed by atoms with van der Waals surface area (Å²) in [5.74, 6) is -0.487. The summed E-state index contributed by atoms with van der Waals surface area (Å²) in [6, 6.07) is 7.89. The summed E-state index contributed by atoms with van der Waals surface area (Å²) >= 11 is 0. The highest BCUT2D eigenvalue weighted by molar-refractivity contribution is 6.00. The first-order valence-corrected chi connectivity index (χ1v) is 6.30. The number of benzene rings is 1. The molecule has 0 atom stereocenters. The molecule has 1 amide bonds. The molecule has 1 heterocycles. The van der Waals surface area contributed by atoms with Crippen LogP contribution < -0.4 is 5.43 Å². The first-order chi connectivity index (χ1) is 10.4. The van der Waals surface area contributed by atoms with Crippen molar-refractivity contribution in [2.45, 2.75) is 13.1 Å². The van der Waals surface area contributed by atoms with Crippen LogP contribution in [-0.2, 0) is 6.18 Å². The highest BCUT2D eigenvalue weighted by Gasteiger charge is 2.30. The quantitative estimate of drug-likeness (QED) is 0.699. The van der Waals surface area contributed by atoms with E-state index in [0.29, 0.717) is 5.56 Å². The number of nitrogens with zero attached hydrogens (tertiary/aromatic N) is 2. The summed E-state index contributed by atoms with van der Waals surface area (Å²) in [7, 11) is 0. The van der Waals surface area contributed by atoms with Gasteiger partial charge in [-0.3, -0.25) is 9.78 Å². The lowest BCUT2D eigenvalue weighted by Gasteiger charge is -2.08. The van der Waals surface area contributed by atoms with Crippen molar-refractivity contribution in [3.8, 4) is 0 Å². The monoisotopic (exact) mass is 307 g/mol. The Balaban J connectivity index is 2.14. The Labute approximate surface area is 124 Å². The average molecular weight is 307 g/mol. The topological polar surface area (TPSA) is 54.4 Å². The largest absolute Gasteiger partial charge is 0.416 e. The molecule has 0 fully saturated rings. The molecular formula is C15H12F3N3O. The molecule has 7 heteroatoms. The molecule has 0 aliphatic rings. The van der Waals surface area contributed by atoms with Crippen LogP contribution >= 0.6 is 0 Å². The first kappa shape index (κ1) is 15.7. The summed E-state index contributed by atoms with van der Waals surface area (Å²) in [5, 5.41) is 3.82. The molecule has 0 saturated carbocycles. The zero-order valence-corrected chi connectivity index (χ0v) is 11.6. The number of hydrazone groups is 1. The normalized spacial score (nSPS) is 12.1. The number of rotatable bonds is 3. The molecule has 2 aromatic rings. The summed E-state index contributed by atoms with van der Waals surface area (Å²) in [6.45, 7) is 1.51. The Kier molecular flexibility index (Phi) is 4.55. The van der Waals surface area contributed by atoms with Crippen molar-refractivity contribution in [1.29, 1.82) is 0 Å². The van der Waals surface area contributed by atoms with Crippen LogP contribution in [0.1, 0.15) is 28.4 Å². The Morgan fingerprint density at radius 3 is 2.55 bits per heavy atom. The van der Waals surface area contributed by atoms with Crippen molar-refractivity contribution >= 4 is 11.6 Å². The molecule has 2 rings (SSSR count). The molecule has 4 nitrogen and oxygen atoms in total. The van der Waals surface area contributed by atoms with Crippen molar-refractivity contribution in [3.05, 3.63) is 65.5 Å². The van der Waals surface area contributed by atoms with Gasteiger partial charge in [-0.1, -0.05) is 12.1 Å². The number of hydrogen-bond donors (Lipinski definition) is 1. The lowest BCUT2D eigenvalue weighted by molar-refractivity contribution is -0.137. The fourth-order valence-corrected chi connectivity index (χ4v) is 1.68. The van der Waals surface area contributed by atoms with E-state index in [4.69, 9.17) is 0 Å². The smallest absolute Gasteiger partial charge is 0.267 e. The third-order valence-electron chi connectivity index (χ3n) is 2.86. The van der Waals surface area contributed by atoms with Crippen LogP contribution in [0, 0.1) is 0 Å². The van der Waals surface area contributed by atoms with Gasteiger partial charge >= 0.3 is 6.18 Å². The van der Waals surface area contributed by atoms with Gasteiger partial charge in [0.15, 0.2) is 0 Å². The molecular weight excluding hydrogens is 295 g/mol. The predicted octanol–water partition coefficient (Wildman–Crippen LogP) is 3.25. The Morgan fingerprint density at radius 2 is 1.91 bits per heavy atom. The maximum Gasteiger partial charge on any atom is 0.416 e. The third kappa shape index (κ3) is 3.91. The molecule has 0 saturated heterocycles. The molecule has 1 N–H and O–H groups in total. The van der Waals surface area contributed by atoms with Crippen LogP contribution in [-0.4, -0.2) is 16.6 Å². The number of amides is 1. The van der Waals surface area contributed by atoms with Gasteiger partial charge in [-0.2, -0.15) is 18.3 Å². The van der Waals surface area contributed by atoms with Crippen LogP contribution in [0.2, 0.25) is 0 Å². The number of halogens is 3. The molecule has 0 radical (unpaired) electrons. The summed E-state index contributed by atoms with van der Waals surface area (Å²) in [4.78, 5) is 15.6. The number of alkyl halides is 3. The van der Waals surface area contributed by atoms with Crippen LogP contribution in [0.5, 0.6) is 0 Å². The standard InChI is InChI=1S/C15H12F3N3O/c1-10(11-4-2-6-13(8-11)15(16,17)18)20-21-14(22)12-5-3-7-19-9-12/h2-9H,1H3,(H,21,22)/b20-10+. The molecule has 0 aliphatic carbocycles. The van der Waals surface area contributed by atoms with Crippen molar-refractivity contribution in [1.82, 2.24) is 10.4 Å². The maximum atomic E-state index is 12.7. The fraction of sp³-hybridized carbons (Fsp3) is 0.133. The second-order valence-corrected chi connectivity index (χ2v) is 4.46. The van der Waals surface area contributed by atoms with E-state index in [0.717, 1.165) is 12.1 Å². The van der Waals surface area contributed by atoms with E-state index in [1.54, 1.807) is 12.1 Å². The average Bonchev–Trinajstić information content (AvgIpc) is 2.52. The number of hydrogen-bond acceptors (Lipinski definition) is 3. The number of carbonyl (C=O) groups excluding carboxylic acids is 1. The lowest BCUT2D eigenvalue weighted by Crippen LogP contribution is -2.19. The van der Waals surface area contributed by atoms with E-state index < -0.39 is 17.6 Å². The number of aromatic nitrogens is 1. The van der Waals surface area contributed by atoms with E-state index in [9.17, 15) is 18.0 Å². The molecule has 0 unspecified atom stereocenters. The van der Waals surface area contributed by atoms with Crippen LogP contribution in [0.4, 0.5) is 13.2 Å². The number of pyridine rings is 1. The van der Waals surface area contributed by atoms with E-state index in [2.05, 4.69) is 15.5 Å². The van der Waals surface area contributed by atoms with E-state index in [1.807, 2.05) is 0 Å². The Bertz CT molecular complexity index is 697. The van der Waals surface area contributed by atoms with E-state index in [1.165, 1.54) is 31.5 Å². The van der Waals surface area contributed by atoms with Gasteiger partial charge in [0, 0.05) is 12.4 Å². The SMILES string of the molecule is C/C(=N\NC(=O)c1cccnc1)c1cccc(C(F)(F)F)c1. The van der Waals surface area contributed by atoms with Crippen LogP contribution in [0.3, 0.4) is 0 Å². The molecule has 0 spiro atoms. The van der Waals surface area contributed by atoms with Crippen molar-refractivity contribution in [2.24, 2.45) is 5.10 Å². The maximum absolute atomic E-state index is 12.7. The van der Waals surface area contributed by atoms with E-state index >= 15 is 0 Å². The third-order valence-corrected chi connectivity index (χ3v) is 2.86. The molecule has 1 aromatic heterocycles. The highest BCUT2D eigenvalue weighted by atomic mass is 19.4. The van der Waals surface area contributed by atoms with Crippen molar-refractivity contribution in [2.75, 3.05) is 0 Å². The van der Waals surface area contributed by atoms with E-state index in [-0.39, 0.29) is 11.3 Å². The Hall–Kier alpha value is -2.70. The molecule has 0 bridgehead atoms. The van der Waals surface area contributed by atoms with Gasteiger partial charge in [0.1, 0.15) is 0 Å². The minimum atomic E-state index is -4.42. The molecule has 114 valence electrons. The van der Waals surface area contributed by atoms with Crippen LogP contribution in [0.25, 0.3) is 0 Å². The minimum absolute atomic E-state index is 0.267. The van der Waals surface area contributed by atoms with Gasteiger partial charge in [0.2, 0.25) is 0 Å². The Morgan fingerprint density at radius 1 is 1.18 bits per heavy atom. The second kappa shape index (κ2) is 6.38. The zero-order chi connectivity index (χ0) is 16.2. The number of nitrogens with one attached hydrogen (secondary N) is 1. The number of carbonyl (C=O) groups is 1. The van der Waals surface area contributed by atoms with Gasteiger partial charge < -0.3 is 0 Å². The minimum Gasteiger partial charge on any atom is -0.267 e. The summed E-state index contributed by atoms with van der Waals surface area (Å²) in [6.07, 6.45) is -1.53. The fourth-order valence-electron chi connectivity index (χ4n) is 1.68. The molecule has 22 heavy (non-hydrogen) atoms.